The topological polar surface area (TPSA) is 0 Å². The first-order chi connectivity index (χ1) is 1.00. The van der Waals surface area contributed by atoms with Gasteiger partial charge in [0.2, 0.25) is 0 Å². The zero-order chi connectivity index (χ0) is 2.00. The zero-order valence-electron chi connectivity index (χ0n) is 2.15. The zero-order valence-corrected chi connectivity index (χ0v) is 4.15. The Morgan fingerprint density at radius 1 is 1.00 bits per heavy atom. The third-order valence-corrected chi connectivity index (χ3v) is 0. The smallest absolute Gasteiger partial charge is 0.0626 e. The molecule has 0 saturated carbocycles. The van der Waals surface area contributed by atoms with E-state index in [1.54, 1.807) is 0 Å². The van der Waals surface area contributed by atoms with E-state index in [2.05, 4.69) is 15.5 Å². The van der Waals surface area contributed by atoms with Crippen molar-refractivity contribution in [2.24, 2.45) is 0 Å². The fourth-order valence-corrected chi connectivity index (χ4v) is 0. The molecule has 0 aliphatic rings. The first kappa shape index (κ1) is 19.0. The quantitative estimate of drug-likeness (QED) is 0.245. The largest absolute Gasteiger partial charge is 1.00 e. The van der Waals surface area contributed by atoms with E-state index in [0.717, 1.165) is 0 Å². The molecule has 0 unspecified atom stereocenters. The summed E-state index contributed by atoms with van der Waals surface area (Å²) in [6.07, 6.45) is 0. The molecule has 0 nitrogen and oxygen atoms in total. The van der Waals surface area contributed by atoms with Gasteiger partial charge in [-0.25, -0.2) is 0 Å². The van der Waals surface area contributed by atoms with Crippen molar-refractivity contribution in [1.82, 2.24) is 0 Å². The minimum atomic E-state index is 0. The first-order valence-electron chi connectivity index (χ1n) is 0.333. The Kier molecular flexibility index (Phi) is 142. The van der Waals surface area contributed by atoms with Crippen LogP contribution in [0.15, 0.2) is 0 Å². The van der Waals surface area contributed by atoms with E-state index >= 15 is 0 Å². The fourth-order valence-electron chi connectivity index (χ4n) is 0. The first-order valence-corrected chi connectivity index (χ1v) is 0.333. The van der Waals surface area contributed by atoms with E-state index < -0.39 is 0 Å². The minimum Gasteiger partial charge on any atom is -0.0626 e. The van der Waals surface area contributed by atoms with E-state index in [9.17, 15) is 0 Å². The van der Waals surface area contributed by atoms with Crippen molar-refractivity contribution in [3.05, 3.63) is 0 Å². The number of hydrogen-bond acceptors (Lipinski definition) is 0. The minimum absolute atomic E-state index is 0. The molecule has 0 rings (SSSR count). The maximum Gasteiger partial charge on any atom is 1.00 e. The van der Waals surface area contributed by atoms with Crippen LogP contribution in [0.25, 0.3) is 0 Å². The molecule has 0 aliphatic carbocycles. The van der Waals surface area contributed by atoms with Gasteiger partial charge >= 0.3 is 29.6 Å². The van der Waals surface area contributed by atoms with Gasteiger partial charge in [0.05, 0.1) is 0 Å². The van der Waals surface area contributed by atoms with Crippen LogP contribution in [-0.2, 0) is 0 Å². The average Bonchev–Trinajstić information content (AvgIpc) is 1.00. The Hall–Kier alpha value is 1.19. The van der Waals surface area contributed by atoms with Gasteiger partial charge in [0.1, 0.15) is 0 Å². The monoisotopic (exact) mass is 60.0 g/mol. The molecule has 0 amide bonds. The van der Waals surface area contributed by atoms with Gasteiger partial charge in [-0.2, -0.15) is 0 Å². The molecule has 0 N–H and O–H groups in total. The normalized spacial score (nSPS) is 1.00. The van der Waals surface area contributed by atoms with Gasteiger partial charge in [0.15, 0.2) is 0 Å². The SMILES string of the molecule is [BH4-].[B][B].[Na+]. The summed E-state index contributed by atoms with van der Waals surface area (Å²) in [7, 11) is 8.00. The van der Waals surface area contributed by atoms with Crippen LogP contribution < -0.4 is 29.6 Å². The molecule has 0 aliphatic heterocycles. The molecule has 0 aromatic carbocycles. The predicted octanol–water partition coefficient (Wildman–Crippen LogP) is -5.21. The molecule has 0 atom stereocenters. The summed E-state index contributed by atoms with van der Waals surface area (Å²) in [5.74, 6) is 0. The summed E-state index contributed by atoms with van der Waals surface area (Å²) in [6, 6.07) is 0. The molecule has 0 spiro atoms. The van der Waals surface area contributed by atoms with Crippen molar-refractivity contribution < 1.29 is 29.6 Å². The van der Waals surface area contributed by atoms with Crippen molar-refractivity contribution in [3.63, 3.8) is 0 Å². The van der Waals surface area contributed by atoms with Crippen LogP contribution in [0.4, 0.5) is 0 Å². The summed E-state index contributed by atoms with van der Waals surface area (Å²) < 4.78 is 0. The van der Waals surface area contributed by atoms with Gasteiger partial charge in [0, 0.05) is 15.5 Å². The van der Waals surface area contributed by atoms with Crippen molar-refractivity contribution >= 4 is 23.9 Å². The standard InChI is InChI=1S/B2.BH4.Na/c1-2;;/h;1H4;/q;-1;+1. The van der Waals surface area contributed by atoms with Gasteiger partial charge in [0.25, 0.3) is 0 Å². The van der Waals surface area contributed by atoms with Gasteiger partial charge < -0.3 is 0 Å². The third kappa shape index (κ3) is 10.8. The Balaban J connectivity index is -0.00000000500. The van der Waals surface area contributed by atoms with E-state index in [1.165, 1.54) is 0 Å². The Morgan fingerprint density at radius 3 is 1.00 bits per heavy atom. The number of hydrogen-bond donors (Lipinski definition) is 0. The molecule has 0 fully saturated rings. The maximum absolute atomic E-state index is 4.00. The summed E-state index contributed by atoms with van der Waals surface area (Å²) in [6.45, 7) is 0. The molecule has 0 aromatic rings. The van der Waals surface area contributed by atoms with Crippen LogP contribution >= 0.6 is 0 Å². The summed E-state index contributed by atoms with van der Waals surface area (Å²) in [4.78, 5) is 0. The summed E-state index contributed by atoms with van der Waals surface area (Å²) in [5.41, 5.74) is 0. The van der Waals surface area contributed by atoms with Crippen LogP contribution in [0.5, 0.6) is 0 Å². The van der Waals surface area contributed by atoms with E-state index in [4.69, 9.17) is 0 Å². The van der Waals surface area contributed by atoms with E-state index in [-0.39, 0.29) is 38.0 Å². The predicted molar refractivity (Wildman–Crippen MR) is 22.8 cm³/mol. The number of rotatable bonds is 0. The molecule has 0 saturated heterocycles. The van der Waals surface area contributed by atoms with Gasteiger partial charge in [-0.3, -0.25) is 0 Å². The summed E-state index contributed by atoms with van der Waals surface area (Å²) >= 11 is 0. The molecule has 0 aromatic heterocycles. The van der Waals surface area contributed by atoms with Crippen LogP contribution in [0.3, 0.4) is 0 Å². The Bertz CT molecular complexity index is 3.25. The van der Waals surface area contributed by atoms with Crippen LogP contribution in [0, 0.1) is 0 Å². The Labute approximate surface area is 53.4 Å². The fraction of sp³-hybridized carbons (Fsp3) is 0. The van der Waals surface area contributed by atoms with Crippen molar-refractivity contribution in [2.75, 3.05) is 0 Å². The van der Waals surface area contributed by atoms with Gasteiger partial charge in [-0.05, 0) is 0 Å². The third-order valence-electron chi connectivity index (χ3n) is 0. The molecule has 4 radical (unpaired) electrons. The van der Waals surface area contributed by atoms with Crippen molar-refractivity contribution in [3.8, 4) is 0 Å². The second-order valence-electron chi connectivity index (χ2n) is 0. The van der Waals surface area contributed by atoms with Crippen molar-refractivity contribution in [2.45, 2.75) is 0 Å². The maximum atomic E-state index is 4.00. The van der Waals surface area contributed by atoms with Crippen LogP contribution in [-0.4, -0.2) is 23.9 Å². The Morgan fingerprint density at radius 2 is 1.00 bits per heavy atom. The average molecular weight is 59.5 g/mol. The molecular weight excluding hydrogens is 55.4 g/mol. The molecule has 0 heterocycles. The summed E-state index contributed by atoms with van der Waals surface area (Å²) in [5, 5.41) is 0. The second-order valence-corrected chi connectivity index (χ2v) is 0. The van der Waals surface area contributed by atoms with E-state index in [1.807, 2.05) is 0 Å². The second kappa shape index (κ2) is 30.0. The van der Waals surface area contributed by atoms with Crippen molar-refractivity contribution in [1.29, 1.82) is 0 Å². The van der Waals surface area contributed by atoms with Gasteiger partial charge in [-0.15, -0.1) is 0 Å². The van der Waals surface area contributed by atoms with E-state index in [0.29, 0.717) is 0 Å². The molecule has 14 valence electrons. The molecule has 4 heteroatoms. The van der Waals surface area contributed by atoms with Gasteiger partial charge in [-0.1, -0.05) is 8.41 Å². The van der Waals surface area contributed by atoms with Crippen LogP contribution in [0.1, 0.15) is 0 Å². The van der Waals surface area contributed by atoms with Crippen LogP contribution in [0.2, 0.25) is 0 Å². The molecular formula is H4B3Na. The molecule has 0 bridgehead atoms. The molecule has 4 heavy (non-hydrogen) atoms.